The molecule has 4 nitrogen and oxygen atoms in total. The van der Waals surface area contributed by atoms with Gasteiger partial charge in [0.2, 0.25) is 0 Å². The van der Waals surface area contributed by atoms with Crippen LogP contribution in [-0.2, 0) is 0 Å². The Morgan fingerprint density at radius 1 is 1.08 bits per heavy atom. The Bertz CT molecular complexity index is 962. The molecule has 24 heavy (non-hydrogen) atoms. The van der Waals surface area contributed by atoms with Crippen molar-refractivity contribution in [3.63, 3.8) is 0 Å². The van der Waals surface area contributed by atoms with Crippen molar-refractivity contribution in [3.8, 4) is 33.8 Å². The van der Waals surface area contributed by atoms with E-state index in [2.05, 4.69) is 17.1 Å². The number of nitrogens with zero attached hydrogens (tertiary/aromatic N) is 3. The highest BCUT2D eigenvalue weighted by molar-refractivity contribution is 7.98. The number of aromatic nitrogens is 1. The fourth-order valence-electron chi connectivity index (χ4n) is 2.46. The fraction of sp³-hybridized carbons (Fsp3) is 0.0556. The van der Waals surface area contributed by atoms with Crippen molar-refractivity contribution in [2.75, 3.05) is 12.0 Å². The van der Waals surface area contributed by atoms with Crippen LogP contribution in [0.5, 0.6) is 0 Å². The molecule has 0 aliphatic rings. The number of anilines is 1. The Labute approximate surface area is 148 Å². The first kappa shape index (κ1) is 16.1. The van der Waals surface area contributed by atoms with Crippen molar-refractivity contribution in [2.24, 2.45) is 0 Å². The number of nitrogen functional groups attached to an aromatic ring is 1. The number of hydrogen-bond acceptors (Lipinski definition) is 6. The molecule has 0 unspecified atom stereocenters. The topological polar surface area (TPSA) is 86.5 Å². The van der Waals surface area contributed by atoms with Gasteiger partial charge in [-0.1, -0.05) is 18.2 Å². The zero-order valence-corrected chi connectivity index (χ0v) is 14.4. The maximum Gasteiger partial charge on any atom is 0.142 e. The standard InChI is InChI=1S/C18H12N4S2/c1-23-12-6-4-11(5-7-12)16-13(9-19)17(15-3-2-8-24-15)22-18(21)14(16)10-20/h2-8H,1H3,(H2,21,22). The third-order valence-corrected chi connectivity index (χ3v) is 5.20. The smallest absolute Gasteiger partial charge is 0.142 e. The van der Waals surface area contributed by atoms with Crippen LogP contribution in [0.15, 0.2) is 46.7 Å². The molecule has 6 heteroatoms. The molecule has 3 aromatic rings. The Hall–Kier alpha value is -2.80. The largest absolute Gasteiger partial charge is 0.383 e. The van der Waals surface area contributed by atoms with Gasteiger partial charge in [0.05, 0.1) is 10.4 Å². The Morgan fingerprint density at radius 2 is 1.79 bits per heavy atom. The van der Waals surface area contributed by atoms with Crippen LogP contribution < -0.4 is 5.73 Å². The van der Waals surface area contributed by atoms with Gasteiger partial charge in [-0.25, -0.2) is 4.98 Å². The molecule has 3 rings (SSSR count). The van der Waals surface area contributed by atoms with E-state index < -0.39 is 0 Å². The Balaban J connectivity index is 2.34. The van der Waals surface area contributed by atoms with Gasteiger partial charge in [0.25, 0.3) is 0 Å². The predicted octanol–water partition coefficient (Wildman–Crippen LogP) is 4.52. The minimum Gasteiger partial charge on any atom is -0.383 e. The highest BCUT2D eigenvalue weighted by Crippen LogP contribution is 2.37. The summed E-state index contributed by atoms with van der Waals surface area (Å²) in [6.45, 7) is 0. The van der Waals surface area contributed by atoms with Gasteiger partial charge in [0.15, 0.2) is 0 Å². The van der Waals surface area contributed by atoms with Crippen LogP contribution in [-0.4, -0.2) is 11.2 Å². The van der Waals surface area contributed by atoms with E-state index >= 15 is 0 Å². The molecule has 2 heterocycles. The molecule has 0 aliphatic carbocycles. The first-order valence-corrected chi connectivity index (χ1v) is 9.12. The predicted molar refractivity (Wildman–Crippen MR) is 98.6 cm³/mol. The zero-order chi connectivity index (χ0) is 17.1. The first-order chi connectivity index (χ1) is 11.7. The summed E-state index contributed by atoms with van der Waals surface area (Å²) in [6.07, 6.45) is 2.00. The van der Waals surface area contributed by atoms with E-state index in [1.807, 2.05) is 48.0 Å². The molecular weight excluding hydrogens is 336 g/mol. The molecule has 2 N–H and O–H groups in total. The van der Waals surface area contributed by atoms with E-state index in [9.17, 15) is 10.5 Å². The van der Waals surface area contributed by atoms with Crippen molar-refractivity contribution in [3.05, 3.63) is 52.9 Å². The fourth-order valence-corrected chi connectivity index (χ4v) is 3.59. The summed E-state index contributed by atoms with van der Waals surface area (Å²) in [4.78, 5) is 6.28. The molecule has 0 fully saturated rings. The number of hydrogen-bond donors (Lipinski definition) is 1. The molecule has 0 saturated carbocycles. The van der Waals surface area contributed by atoms with Crippen molar-refractivity contribution in [1.82, 2.24) is 4.98 Å². The van der Waals surface area contributed by atoms with Crippen LogP contribution in [0, 0.1) is 22.7 Å². The Morgan fingerprint density at radius 3 is 2.33 bits per heavy atom. The summed E-state index contributed by atoms with van der Waals surface area (Å²) in [5, 5.41) is 21.2. The van der Waals surface area contributed by atoms with Crippen LogP contribution in [0.3, 0.4) is 0 Å². The zero-order valence-electron chi connectivity index (χ0n) is 12.8. The summed E-state index contributed by atoms with van der Waals surface area (Å²) in [5.41, 5.74) is 8.48. The van der Waals surface area contributed by atoms with Gasteiger partial charge in [-0.2, -0.15) is 10.5 Å². The van der Waals surface area contributed by atoms with Crippen LogP contribution in [0.1, 0.15) is 11.1 Å². The number of nitrogens with two attached hydrogens (primary N) is 1. The minimum atomic E-state index is 0.142. The molecular formula is C18H12N4S2. The quantitative estimate of drug-likeness (QED) is 0.703. The number of thiophene rings is 1. The summed E-state index contributed by atoms with van der Waals surface area (Å²) in [6, 6.07) is 15.8. The van der Waals surface area contributed by atoms with Crippen LogP contribution in [0.2, 0.25) is 0 Å². The number of nitriles is 2. The lowest BCUT2D eigenvalue weighted by Crippen LogP contribution is -2.03. The molecule has 0 amide bonds. The van der Waals surface area contributed by atoms with Crippen molar-refractivity contribution in [2.45, 2.75) is 4.90 Å². The summed E-state index contributed by atoms with van der Waals surface area (Å²) >= 11 is 3.11. The van der Waals surface area contributed by atoms with Gasteiger partial charge in [0.1, 0.15) is 29.2 Å². The maximum absolute atomic E-state index is 9.73. The molecule has 0 atom stereocenters. The summed E-state index contributed by atoms with van der Waals surface area (Å²) in [7, 11) is 0. The van der Waals surface area contributed by atoms with Crippen molar-refractivity contribution in [1.29, 1.82) is 10.5 Å². The van der Waals surface area contributed by atoms with E-state index in [0.29, 0.717) is 16.8 Å². The third-order valence-electron chi connectivity index (χ3n) is 3.58. The minimum absolute atomic E-state index is 0.142. The molecule has 1 aromatic carbocycles. The maximum atomic E-state index is 9.73. The first-order valence-electron chi connectivity index (χ1n) is 7.01. The van der Waals surface area contributed by atoms with E-state index in [0.717, 1.165) is 15.3 Å². The second-order valence-corrected chi connectivity index (χ2v) is 6.73. The van der Waals surface area contributed by atoms with Gasteiger partial charge >= 0.3 is 0 Å². The molecule has 2 aromatic heterocycles. The molecule has 0 saturated heterocycles. The highest BCUT2D eigenvalue weighted by atomic mass is 32.2. The lowest BCUT2D eigenvalue weighted by molar-refractivity contribution is 1.29. The Kier molecular flexibility index (Phi) is 4.52. The van der Waals surface area contributed by atoms with E-state index in [1.54, 1.807) is 11.8 Å². The van der Waals surface area contributed by atoms with Crippen molar-refractivity contribution < 1.29 is 0 Å². The average Bonchev–Trinajstić information content (AvgIpc) is 3.15. The van der Waals surface area contributed by atoms with Crippen LogP contribution in [0.25, 0.3) is 21.7 Å². The number of benzene rings is 1. The number of pyridine rings is 1. The van der Waals surface area contributed by atoms with Gasteiger partial charge in [-0.3, -0.25) is 0 Å². The molecule has 0 bridgehead atoms. The lowest BCUT2D eigenvalue weighted by atomic mass is 9.94. The molecule has 0 radical (unpaired) electrons. The van der Waals surface area contributed by atoms with Crippen LogP contribution >= 0.6 is 23.1 Å². The van der Waals surface area contributed by atoms with Crippen molar-refractivity contribution >= 4 is 28.9 Å². The van der Waals surface area contributed by atoms with E-state index in [1.165, 1.54) is 11.3 Å². The summed E-state index contributed by atoms with van der Waals surface area (Å²) in [5.74, 6) is 0.142. The van der Waals surface area contributed by atoms with E-state index in [4.69, 9.17) is 5.73 Å². The SMILES string of the molecule is CSc1ccc(-c2c(C#N)c(N)nc(-c3cccs3)c2C#N)cc1. The second kappa shape index (κ2) is 6.76. The van der Waals surface area contributed by atoms with E-state index in [-0.39, 0.29) is 11.4 Å². The third kappa shape index (κ3) is 2.74. The lowest BCUT2D eigenvalue weighted by Gasteiger charge is -2.12. The van der Waals surface area contributed by atoms with Gasteiger partial charge in [0, 0.05) is 10.5 Å². The van der Waals surface area contributed by atoms with Gasteiger partial charge < -0.3 is 5.73 Å². The highest BCUT2D eigenvalue weighted by Gasteiger charge is 2.21. The normalized spacial score (nSPS) is 10.1. The molecule has 0 aliphatic heterocycles. The molecule has 0 spiro atoms. The van der Waals surface area contributed by atoms with Crippen LogP contribution in [0.4, 0.5) is 5.82 Å². The number of thioether (sulfide) groups is 1. The summed E-state index contributed by atoms with van der Waals surface area (Å²) < 4.78 is 0. The second-order valence-electron chi connectivity index (χ2n) is 4.90. The van der Waals surface area contributed by atoms with Gasteiger partial charge in [-0.05, 0) is 35.4 Å². The average molecular weight is 348 g/mol. The molecule has 116 valence electrons. The monoisotopic (exact) mass is 348 g/mol. The number of rotatable bonds is 3. The van der Waals surface area contributed by atoms with Gasteiger partial charge in [-0.15, -0.1) is 23.1 Å².